The van der Waals surface area contributed by atoms with E-state index in [0.717, 1.165) is 18.7 Å². The van der Waals surface area contributed by atoms with E-state index in [9.17, 15) is 0 Å². The number of allylic oxidation sites excluding steroid dienone is 1. The smallest absolute Gasteiger partial charge is 0.0372 e. The number of aryl methyl sites for hydroxylation is 1. The Labute approximate surface area is 111 Å². The second-order valence-corrected chi connectivity index (χ2v) is 5.16. The van der Waals surface area contributed by atoms with Gasteiger partial charge in [0.1, 0.15) is 0 Å². The zero-order valence-corrected chi connectivity index (χ0v) is 11.6. The Balaban J connectivity index is 2.07. The molecule has 0 aromatic carbocycles. The first-order valence-electron chi connectivity index (χ1n) is 7.13. The van der Waals surface area contributed by atoms with Gasteiger partial charge in [0.2, 0.25) is 0 Å². The molecule has 2 heteroatoms. The van der Waals surface area contributed by atoms with Crippen LogP contribution in [0.1, 0.15) is 56.3 Å². The quantitative estimate of drug-likeness (QED) is 0.794. The summed E-state index contributed by atoms with van der Waals surface area (Å²) in [6, 6.07) is 4.74. The highest BCUT2D eigenvalue weighted by atomic mass is 14.9. The van der Waals surface area contributed by atoms with Crippen LogP contribution >= 0.6 is 0 Å². The second-order valence-electron chi connectivity index (χ2n) is 5.16. The number of nitrogens with one attached hydrogen (secondary N) is 1. The lowest BCUT2D eigenvalue weighted by Crippen LogP contribution is -2.22. The van der Waals surface area contributed by atoms with Crippen molar-refractivity contribution in [3.05, 3.63) is 41.2 Å². The van der Waals surface area contributed by atoms with Crippen LogP contribution in [0.3, 0.4) is 0 Å². The molecule has 1 aromatic rings. The minimum atomic E-state index is 0.424. The third-order valence-electron chi connectivity index (χ3n) is 3.64. The summed E-state index contributed by atoms with van der Waals surface area (Å²) in [4.78, 5) is 4.42. The number of nitrogens with zero attached hydrogens (tertiary/aromatic N) is 1. The van der Waals surface area contributed by atoms with E-state index in [1.54, 1.807) is 5.57 Å². The van der Waals surface area contributed by atoms with Crippen LogP contribution in [0.4, 0.5) is 0 Å². The average molecular weight is 244 g/mol. The fourth-order valence-electron chi connectivity index (χ4n) is 2.59. The molecule has 0 radical (unpaired) electrons. The lowest BCUT2D eigenvalue weighted by atomic mass is 9.92. The summed E-state index contributed by atoms with van der Waals surface area (Å²) in [6.07, 6.45) is 10.9. The summed E-state index contributed by atoms with van der Waals surface area (Å²) < 4.78 is 0. The molecule has 1 atom stereocenters. The Morgan fingerprint density at radius 3 is 2.83 bits per heavy atom. The standard InChI is InChI=1S/C16H24N2/c1-3-17-16(11-14-7-5-4-6-8-14)15-10-9-13(2)18-12-15/h7,9-10,12,16-17H,3-6,8,11H2,1-2H3. The van der Waals surface area contributed by atoms with Crippen molar-refractivity contribution >= 4 is 0 Å². The summed E-state index contributed by atoms with van der Waals surface area (Å²) in [6.45, 7) is 5.21. The molecule has 1 aromatic heterocycles. The van der Waals surface area contributed by atoms with Crippen molar-refractivity contribution in [1.82, 2.24) is 10.3 Å². The Bertz CT molecular complexity index is 392. The highest BCUT2D eigenvalue weighted by Gasteiger charge is 2.14. The highest BCUT2D eigenvalue weighted by molar-refractivity contribution is 5.20. The predicted octanol–water partition coefficient (Wildman–Crippen LogP) is 3.93. The van der Waals surface area contributed by atoms with Gasteiger partial charge in [0, 0.05) is 17.9 Å². The molecule has 0 fully saturated rings. The molecular weight excluding hydrogens is 220 g/mol. The van der Waals surface area contributed by atoms with E-state index in [2.05, 4.69) is 35.4 Å². The average Bonchev–Trinajstić information content (AvgIpc) is 2.40. The number of aromatic nitrogens is 1. The largest absolute Gasteiger partial charge is 0.310 e. The molecule has 2 rings (SSSR count). The van der Waals surface area contributed by atoms with Crippen LogP contribution in [0.25, 0.3) is 0 Å². The van der Waals surface area contributed by atoms with Gasteiger partial charge in [-0.3, -0.25) is 4.98 Å². The van der Waals surface area contributed by atoms with Gasteiger partial charge in [-0.1, -0.05) is 24.6 Å². The summed E-state index contributed by atoms with van der Waals surface area (Å²) in [5.74, 6) is 0. The van der Waals surface area contributed by atoms with Gasteiger partial charge in [-0.2, -0.15) is 0 Å². The molecule has 0 saturated heterocycles. The first-order chi connectivity index (χ1) is 8.79. The van der Waals surface area contributed by atoms with E-state index in [1.807, 2.05) is 13.1 Å². The van der Waals surface area contributed by atoms with Gasteiger partial charge >= 0.3 is 0 Å². The van der Waals surface area contributed by atoms with Crippen molar-refractivity contribution in [1.29, 1.82) is 0 Å². The van der Waals surface area contributed by atoms with E-state index >= 15 is 0 Å². The number of hydrogen-bond donors (Lipinski definition) is 1. The van der Waals surface area contributed by atoms with Gasteiger partial charge < -0.3 is 5.32 Å². The lowest BCUT2D eigenvalue weighted by molar-refractivity contribution is 0.526. The molecule has 0 spiro atoms. The third kappa shape index (κ3) is 3.67. The predicted molar refractivity (Wildman–Crippen MR) is 76.6 cm³/mol. The van der Waals surface area contributed by atoms with Crippen molar-refractivity contribution in [2.24, 2.45) is 0 Å². The van der Waals surface area contributed by atoms with Crippen molar-refractivity contribution in [2.75, 3.05) is 6.54 Å². The van der Waals surface area contributed by atoms with Crippen molar-refractivity contribution < 1.29 is 0 Å². The maximum absolute atomic E-state index is 4.42. The van der Waals surface area contributed by atoms with E-state index in [0.29, 0.717) is 6.04 Å². The fraction of sp³-hybridized carbons (Fsp3) is 0.562. The van der Waals surface area contributed by atoms with Crippen LogP contribution in [0.5, 0.6) is 0 Å². The van der Waals surface area contributed by atoms with E-state index < -0.39 is 0 Å². The number of pyridine rings is 1. The van der Waals surface area contributed by atoms with Gasteiger partial charge in [0.25, 0.3) is 0 Å². The molecular formula is C16H24N2. The van der Waals surface area contributed by atoms with Crippen molar-refractivity contribution in [3.63, 3.8) is 0 Å². The molecule has 1 N–H and O–H groups in total. The first-order valence-corrected chi connectivity index (χ1v) is 7.13. The van der Waals surface area contributed by atoms with Gasteiger partial charge in [0.15, 0.2) is 0 Å². The van der Waals surface area contributed by atoms with E-state index in [4.69, 9.17) is 0 Å². The minimum Gasteiger partial charge on any atom is -0.310 e. The van der Waals surface area contributed by atoms with E-state index in [1.165, 1.54) is 31.2 Å². The Morgan fingerprint density at radius 2 is 2.22 bits per heavy atom. The zero-order chi connectivity index (χ0) is 12.8. The molecule has 2 nitrogen and oxygen atoms in total. The number of rotatable bonds is 5. The fourth-order valence-corrected chi connectivity index (χ4v) is 2.59. The first kappa shape index (κ1) is 13.3. The monoisotopic (exact) mass is 244 g/mol. The molecule has 1 aliphatic carbocycles. The minimum absolute atomic E-state index is 0.424. The molecule has 0 saturated carbocycles. The zero-order valence-electron chi connectivity index (χ0n) is 11.6. The van der Waals surface area contributed by atoms with Crippen LogP contribution < -0.4 is 5.32 Å². The molecule has 0 bridgehead atoms. The Kier molecular flexibility index (Phi) is 4.94. The summed E-state index contributed by atoms with van der Waals surface area (Å²) in [5, 5.41) is 3.58. The van der Waals surface area contributed by atoms with Crippen LogP contribution in [0.15, 0.2) is 30.0 Å². The molecule has 0 amide bonds. The molecule has 0 aliphatic heterocycles. The van der Waals surface area contributed by atoms with Crippen LogP contribution in [0.2, 0.25) is 0 Å². The van der Waals surface area contributed by atoms with Gasteiger partial charge in [0.05, 0.1) is 0 Å². The van der Waals surface area contributed by atoms with Crippen LogP contribution in [-0.2, 0) is 0 Å². The highest BCUT2D eigenvalue weighted by Crippen LogP contribution is 2.27. The maximum atomic E-state index is 4.42. The Hall–Kier alpha value is -1.15. The third-order valence-corrected chi connectivity index (χ3v) is 3.64. The molecule has 1 unspecified atom stereocenters. The SMILES string of the molecule is CCNC(CC1=CCCCC1)c1ccc(C)nc1. The maximum Gasteiger partial charge on any atom is 0.0372 e. The molecule has 1 aliphatic rings. The summed E-state index contributed by atoms with van der Waals surface area (Å²) >= 11 is 0. The summed E-state index contributed by atoms with van der Waals surface area (Å²) in [5.41, 5.74) is 4.02. The second kappa shape index (κ2) is 6.69. The molecule has 18 heavy (non-hydrogen) atoms. The van der Waals surface area contributed by atoms with Gasteiger partial charge in [-0.25, -0.2) is 0 Å². The molecule has 98 valence electrons. The van der Waals surface area contributed by atoms with Crippen molar-refractivity contribution in [3.8, 4) is 0 Å². The van der Waals surface area contributed by atoms with Crippen molar-refractivity contribution in [2.45, 2.75) is 52.0 Å². The Morgan fingerprint density at radius 1 is 1.33 bits per heavy atom. The van der Waals surface area contributed by atoms with E-state index in [-0.39, 0.29) is 0 Å². The normalized spacial score (nSPS) is 17.3. The number of hydrogen-bond acceptors (Lipinski definition) is 2. The summed E-state index contributed by atoms with van der Waals surface area (Å²) in [7, 11) is 0. The van der Waals surface area contributed by atoms with Crippen LogP contribution in [0, 0.1) is 6.92 Å². The molecule has 1 heterocycles. The van der Waals surface area contributed by atoms with Crippen LogP contribution in [-0.4, -0.2) is 11.5 Å². The van der Waals surface area contributed by atoms with Gasteiger partial charge in [-0.15, -0.1) is 0 Å². The lowest BCUT2D eigenvalue weighted by Gasteiger charge is -2.21. The topological polar surface area (TPSA) is 24.9 Å². The van der Waals surface area contributed by atoms with Gasteiger partial charge in [-0.05, 0) is 57.2 Å².